The maximum Gasteiger partial charge on any atom is 0.335 e. The molecule has 0 aliphatic heterocycles. The minimum absolute atomic E-state index is 0.503. The summed E-state index contributed by atoms with van der Waals surface area (Å²) in [6.45, 7) is 2.85. The van der Waals surface area contributed by atoms with Gasteiger partial charge in [0, 0.05) is 0 Å². The quantitative estimate of drug-likeness (QED) is 0.850. The Hall–Kier alpha value is -1.69. The lowest BCUT2D eigenvalue weighted by Crippen LogP contribution is -2.26. The van der Waals surface area contributed by atoms with E-state index in [2.05, 4.69) is 0 Å². The first-order chi connectivity index (χ1) is 7.82. The Balaban J connectivity index is 3.06. The molecule has 0 bridgehead atoms. The van der Waals surface area contributed by atoms with Gasteiger partial charge in [0.2, 0.25) is 0 Å². The Morgan fingerprint density at radius 1 is 1.29 bits per heavy atom. The van der Waals surface area contributed by atoms with Crippen LogP contribution in [-0.2, 0) is 0 Å². The van der Waals surface area contributed by atoms with E-state index in [4.69, 9.17) is 14.9 Å². The molecular weight excluding hydrogens is 234 g/mol. The fourth-order valence-electron chi connectivity index (χ4n) is 1.08. The lowest BCUT2D eigenvalue weighted by molar-refractivity contribution is 0.0549. The Bertz CT molecular complexity index is 408. The lowest BCUT2D eigenvalue weighted by Gasteiger charge is -2.18. The molecule has 0 aromatic heterocycles. The van der Waals surface area contributed by atoms with Gasteiger partial charge in [0.15, 0.2) is 17.4 Å². The zero-order valence-corrected chi connectivity index (χ0v) is 9.28. The molecule has 4 nitrogen and oxygen atoms in total. The van der Waals surface area contributed by atoms with Crippen molar-refractivity contribution in [1.82, 2.24) is 0 Å². The number of carboxylic acid groups (broad SMARTS) is 1. The zero-order valence-electron chi connectivity index (χ0n) is 9.28. The molecule has 1 aromatic rings. The topological polar surface area (TPSA) is 66.8 Å². The van der Waals surface area contributed by atoms with Gasteiger partial charge in [0.1, 0.15) is 6.10 Å². The van der Waals surface area contributed by atoms with Crippen LogP contribution in [0.2, 0.25) is 0 Å². The van der Waals surface area contributed by atoms with Gasteiger partial charge < -0.3 is 14.9 Å². The van der Waals surface area contributed by atoms with Gasteiger partial charge in [-0.15, -0.1) is 0 Å². The van der Waals surface area contributed by atoms with Crippen molar-refractivity contribution < 1.29 is 28.5 Å². The Morgan fingerprint density at radius 2 is 1.76 bits per heavy atom. The third kappa shape index (κ3) is 3.13. The third-order valence-electron chi connectivity index (χ3n) is 2.23. The molecule has 17 heavy (non-hydrogen) atoms. The van der Waals surface area contributed by atoms with Gasteiger partial charge in [-0.3, -0.25) is 0 Å². The molecule has 1 rings (SSSR count). The van der Waals surface area contributed by atoms with Crippen LogP contribution in [0.4, 0.5) is 8.78 Å². The van der Waals surface area contributed by atoms with Crippen molar-refractivity contribution in [2.75, 3.05) is 0 Å². The number of ether oxygens (including phenoxy) is 1. The first-order valence-electron chi connectivity index (χ1n) is 4.90. The number of carboxylic acids is 1. The zero-order chi connectivity index (χ0) is 13.2. The fourth-order valence-corrected chi connectivity index (χ4v) is 1.08. The fraction of sp³-hybridized carbons (Fsp3) is 0.364. The molecule has 94 valence electrons. The van der Waals surface area contributed by atoms with Gasteiger partial charge in [-0.05, 0) is 26.0 Å². The number of hydrogen-bond acceptors (Lipinski definition) is 3. The molecule has 0 aliphatic carbocycles. The minimum atomic E-state index is -1.43. The molecule has 2 unspecified atom stereocenters. The maximum absolute atomic E-state index is 13.4. The van der Waals surface area contributed by atoms with Crippen LogP contribution >= 0.6 is 0 Å². The second-order valence-corrected chi connectivity index (χ2v) is 3.64. The summed E-state index contributed by atoms with van der Waals surface area (Å²) >= 11 is 0. The molecule has 1 aromatic carbocycles. The number of aromatic carboxylic acids is 1. The largest absolute Gasteiger partial charge is 0.482 e. The summed E-state index contributed by atoms with van der Waals surface area (Å²) in [7, 11) is 0. The van der Waals surface area contributed by atoms with E-state index in [1.807, 2.05) is 0 Å². The van der Waals surface area contributed by atoms with Crippen LogP contribution in [0.15, 0.2) is 12.1 Å². The first kappa shape index (κ1) is 13.4. The van der Waals surface area contributed by atoms with Gasteiger partial charge >= 0.3 is 5.97 Å². The lowest BCUT2D eigenvalue weighted by atomic mass is 10.2. The van der Waals surface area contributed by atoms with Crippen molar-refractivity contribution in [1.29, 1.82) is 0 Å². The molecule has 0 heterocycles. The summed E-state index contributed by atoms with van der Waals surface area (Å²) < 4.78 is 31.6. The molecule has 6 heteroatoms. The molecule has 0 saturated heterocycles. The van der Waals surface area contributed by atoms with E-state index in [0.717, 1.165) is 0 Å². The predicted octanol–water partition coefficient (Wildman–Crippen LogP) is 1.81. The maximum atomic E-state index is 13.4. The van der Waals surface area contributed by atoms with Gasteiger partial charge in [0.05, 0.1) is 11.7 Å². The van der Waals surface area contributed by atoms with Gasteiger partial charge in [-0.1, -0.05) is 0 Å². The molecule has 0 saturated carbocycles. The van der Waals surface area contributed by atoms with Gasteiger partial charge in [-0.25, -0.2) is 13.6 Å². The van der Waals surface area contributed by atoms with E-state index in [9.17, 15) is 13.6 Å². The highest BCUT2D eigenvalue weighted by atomic mass is 19.1. The van der Waals surface area contributed by atoms with Crippen molar-refractivity contribution in [2.45, 2.75) is 26.1 Å². The number of rotatable bonds is 4. The number of aliphatic hydroxyl groups is 1. The van der Waals surface area contributed by atoms with E-state index >= 15 is 0 Å². The van der Waals surface area contributed by atoms with Crippen LogP contribution in [0.25, 0.3) is 0 Å². The average Bonchev–Trinajstić information content (AvgIpc) is 2.22. The summed E-state index contributed by atoms with van der Waals surface area (Å²) in [5.41, 5.74) is -0.503. The Labute approximate surface area is 96.5 Å². The van der Waals surface area contributed by atoms with Crippen LogP contribution in [-0.4, -0.2) is 28.4 Å². The standard InChI is InChI=1S/C11H12F2O4/c1-5(14)6(2)17-10-8(12)3-7(11(15)16)4-9(10)13/h3-6,14H,1-2H3,(H,15,16). The molecule has 0 radical (unpaired) electrons. The van der Waals surface area contributed by atoms with Gasteiger partial charge in [-0.2, -0.15) is 0 Å². The highest BCUT2D eigenvalue weighted by Crippen LogP contribution is 2.25. The number of halogens is 2. The molecule has 2 N–H and O–H groups in total. The second kappa shape index (κ2) is 5.09. The van der Waals surface area contributed by atoms with Crippen molar-refractivity contribution in [2.24, 2.45) is 0 Å². The summed E-state index contributed by atoms with van der Waals surface area (Å²) in [6, 6.07) is 1.32. The Kier molecular flexibility index (Phi) is 4.01. The summed E-state index contributed by atoms with van der Waals surface area (Å²) in [5.74, 6) is -4.36. The van der Waals surface area contributed by atoms with Crippen molar-refractivity contribution in [3.05, 3.63) is 29.3 Å². The molecule has 0 aliphatic rings. The third-order valence-corrected chi connectivity index (χ3v) is 2.23. The van der Waals surface area contributed by atoms with E-state index < -0.39 is 41.1 Å². The van der Waals surface area contributed by atoms with Crippen molar-refractivity contribution >= 4 is 5.97 Å². The van der Waals surface area contributed by atoms with Crippen LogP contribution in [0.5, 0.6) is 5.75 Å². The molecule has 0 spiro atoms. The van der Waals surface area contributed by atoms with E-state index in [1.165, 1.54) is 13.8 Å². The van der Waals surface area contributed by atoms with Crippen LogP contribution in [0.3, 0.4) is 0 Å². The monoisotopic (exact) mass is 246 g/mol. The van der Waals surface area contributed by atoms with Crippen LogP contribution in [0, 0.1) is 11.6 Å². The normalized spacial score (nSPS) is 14.2. The first-order valence-corrected chi connectivity index (χ1v) is 4.90. The molecule has 0 amide bonds. The minimum Gasteiger partial charge on any atom is -0.482 e. The number of hydrogen-bond donors (Lipinski definition) is 2. The number of carbonyl (C=O) groups is 1. The van der Waals surface area contributed by atoms with Crippen LogP contribution in [0.1, 0.15) is 24.2 Å². The molecule has 2 atom stereocenters. The van der Waals surface area contributed by atoms with E-state index in [0.29, 0.717) is 12.1 Å². The second-order valence-electron chi connectivity index (χ2n) is 3.64. The summed E-state index contributed by atoms with van der Waals surface area (Å²) in [5, 5.41) is 17.7. The smallest absolute Gasteiger partial charge is 0.335 e. The Morgan fingerprint density at radius 3 is 2.12 bits per heavy atom. The summed E-state index contributed by atoms with van der Waals surface area (Å²) in [4.78, 5) is 10.5. The van der Waals surface area contributed by atoms with Crippen molar-refractivity contribution in [3.63, 3.8) is 0 Å². The van der Waals surface area contributed by atoms with E-state index in [1.54, 1.807) is 0 Å². The summed E-state index contributed by atoms with van der Waals surface area (Å²) in [6.07, 6.45) is -1.72. The highest BCUT2D eigenvalue weighted by Gasteiger charge is 2.19. The number of benzene rings is 1. The highest BCUT2D eigenvalue weighted by molar-refractivity contribution is 5.87. The van der Waals surface area contributed by atoms with Gasteiger partial charge in [0.25, 0.3) is 0 Å². The van der Waals surface area contributed by atoms with Crippen LogP contribution < -0.4 is 4.74 Å². The van der Waals surface area contributed by atoms with Crippen molar-refractivity contribution in [3.8, 4) is 5.75 Å². The predicted molar refractivity (Wildman–Crippen MR) is 55.1 cm³/mol. The molecular formula is C11H12F2O4. The average molecular weight is 246 g/mol. The van der Waals surface area contributed by atoms with E-state index in [-0.39, 0.29) is 0 Å². The SMILES string of the molecule is CC(O)C(C)Oc1c(F)cc(C(=O)O)cc1F. The number of aliphatic hydroxyl groups excluding tert-OH is 1. The molecule has 0 fully saturated rings.